The third-order valence-electron chi connectivity index (χ3n) is 2.82. The lowest BCUT2D eigenvalue weighted by Crippen LogP contribution is -2.34. The van der Waals surface area contributed by atoms with Crippen LogP contribution in [0.15, 0.2) is 0 Å². The Bertz CT molecular complexity index is 367. The second kappa shape index (κ2) is 4.35. The van der Waals surface area contributed by atoms with Gasteiger partial charge in [0.25, 0.3) is 0 Å². The van der Waals surface area contributed by atoms with Gasteiger partial charge in [-0.3, -0.25) is 9.52 Å². The lowest BCUT2D eigenvalue weighted by atomic mass is 9.94. The number of rotatable bonds is 4. The average molecular weight is 247 g/mol. The largest absolute Gasteiger partial charge is 0.274 e. The summed E-state index contributed by atoms with van der Waals surface area (Å²) in [6, 6.07) is 0. The smallest absolute Gasteiger partial charge is 0.236 e. The van der Waals surface area contributed by atoms with Crippen LogP contribution in [0.3, 0.4) is 0 Å². The molecule has 16 heavy (non-hydrogen) atoms. The highest BCUT2D eigenvalue weighted by Crippen LogP contribution is 2.37. The Morgan fingerprint density at radius 2 is 1.88 bits per heavy atom. The molecule has 1 saturated carbocycles. The second-order valence-electron chi connectivity index (χ2n) is 5.92. The highest BCUT2D eigenvalue weighted by Gasteiger charge is 2.40. The van der Waals surface area contributed by atoms with E-state index in [1.54, 1.807) is 0 Å². The number of amides is 1. The number of carbonyl (C=O) groups excluding carboxylic acids is 1. The number of carbonyl (C=O) groups is 1. The lowest BCUT2D eigenvalue weighted by Gasteiger charge is -2.17. The van der Waals surface area contributed by atoms with Crippen molar-refractivity contribution in [3.8, 4) is 0 Å². The molecule has 0 aromatic carbocycles. The van der Waals surface area contributed by atoms with Gasteiger partial charge in [-0.15, -0.1) is 0 Å². The summed E-state index contributed by atoms with van der Waals surface area (Å²) >= 11 is 0. The maximum absolute atomic E-state index is 11.6. The standard InChI is InChI=1S/C11H21NO3S/c1-8-7-9(8)10(13)12-16(14,15)6-5-11(2,3)4/h8-9H,5-7H2,1-4H3,(H,12,13)/t8-,9+/m0/s1. The van der Waals surface area contributed by atoms with Crippen LogP contribution in [-0.2, 0) is 14.8 Å². The fraction of sp³-hybridized carbons (Fsp3) is 0.909. The quantitative estimate of drug-likeness (QED) is 0.819. The SMILES string of the molecule is C[C@H]1C[C@H]1C(=O)NS(=O)(=O)CCC(C)(C)C. The highest BCUT2D eigenvalue weighted by molar-refractivity contribution is 7.90. The van der Waals surface area contributed by atoms with Gasteiger partial charge >= 0.3 is 0 Å². The van der Waals surface area contributed by atoms with Crippen molar-refractivity contribution in [2.24, 2.45) is 17.3 Å². The molecule has 2 atom stereocenters. The van der Waals surface area contributed by atoms with Gasteiger partial charge in [0.15, 0.2) is 0 Å². The molecule has 1 aliphatic rings. The van der Waals surface area contributed by atoms with Crippen LogP contribution in [-0.4, -0.2) is 20.1 Å². The molecule has 0 spiro atoms. The first-order chi connectivity index (χ1) is 7.11. The molecule has 0 aromatic rings. The van der Waals surface area contributed by atoms with Crippen LogP contribution in [0.4, 0.5) is 0 Å². The molecule has 1 amide bonds. The molecule has 4 nitrogen and oxygen atoms in total. The average Bonchev–Trinajstić information content (AvgIpc) is 2.78. The predicted molar refractivity (Wildman–Crippen MR) is 63.3 cm³/mol. The van der Waals surface area contributed by atoms with Gasteiger partial charge in [0, 0.05) is 5.92 Å². The Morgan fingerprint density at radius 1 is 1.38 bits per heavy atom. The Kier molecular flexibility index (Phi) is 3.67. The normalized spacial score (nSPS) is 25.2. The van der Waals surface area contributed by atoms with Crippen molar-refractivity contribution >= 4 is 15.9 Å². The predicted octanol–water partition coefficient (Wildman–Crippen LogP) is 1.52. The van der Waals surface area contributed by atoms with Crippen molar-refractivity contribution in [1.82, 2.24) is 4.72 Å². The van der Waals surface area contributed by atoms with E-state index < -0.39 is 10.0 Å². The van der Waals surface area contributed by atoms with Gasteiger partial charge in [0.2, 0.25) is 15.9 Å². The maximum atomic E-state index is 11.6. The number of hydrogen-bond donors (Lipinski definition) is 1. The second-order valence-corrected chi connectivity index (χ2v) is 7.76. The zero-order chi connectivity index (χ0) is 12.6. The monoisotopic (exact) mass is 247 g/mol. The Balaban J connectivity index is 2.43. The minimum atomic E-state index is -3.44. The van der Waals surface area contributed by atoms with Gasteiger partial charge in [-0.05, 0) is 24.2 Å². The van der Waals surface area contributed by atoms with Crippen LogP contribution in [0.1, 0.15) is 40.5 Å². The molecule has 1 aliphatic carbocycles. The molecule has 0 bridgehead atoms. The van der Waals surface area contributed by atoms with Crippen LogP contribution in [0, 0.1) is 17.3 Å². The van der Waals surface area contributed by atoms with Gasteiger partial charge in [-0.25, -0.2) is 8.42 Å². The van der Waals surface area contributed by atoms with E-state index in [4.69, 9.17) is 0 Å². The summed E-state index contributed by atoms with van der Waals surface area (Å²) in [5, 5.41) is 0. The topological polar surface area (TPSA) is 63.2 Å². The molecule has 5 heteroatoms. The van der Waals surface area contributed by atoms with E-state index in [2.05, 4.69) is 4.72 Å². The Morgan fingerprint density at radius 3 is 2.25 bits per heavy atom. The fourth-order valence-corrected chi connectivity index (χ4v) is 2.85. The number of sulfonamides is 1. The van der Waals surface area contributed by atoms with Gasteiger partial charge in [0.05, 0.1) is 5.75 Å². The van der Waals surface area contributed by atoms with Crippen LogP contribution in [0.25, 0.3) is 0 Å². The summed E-state index contributed by atoms with van der Waals surface area (Å²) in [5.74, 6) is -0.0767. The first-order valence-electron chi connectivity index (χ1n) is 5.65. The number of hydrogen-bond acceptors (Lipinski definition) is 3. The van der Waals surface area contributed by atoms with E-state index in [0.717, 1.165) is 6.42 Å². The molecule has 94 valence electrons. The van der Waals surface area contributed by atoms with Gasteiger partial charge in [-0.2, -0.15) is 0 Å². The minimum absolute atomic E-state index is 0.0172. The van der Waals surface area contributed by atoms with Gasteiger partial charge in [-0.1, -0.05) is 27.7 Å². The van der Waals surface area contributed by atoms with Crippen molar-refractivity contribution in [3.63, 3.8) is 0 Å². The molecule has 0 heterocycles. The Labute approximate surface area is 97.9 Å². The minimum Gasteiger partial charge on any atom is -0.274 e. The molecule has 1 fully saturated rings. The third kappa shape index (κ3) is 4.51. The molecule has 0 aliphatic heterocycles. The van der Waals surface area contributed by atoms with Gasteiger partial charge < -0.3 is 0 Å². The van der Waals surface area contributed by atoms with E-state index in [9.17, 15) is 13.2 Å². The molecular formula is C11H21NO3S. The first-order valence-corrected chi connectivity index (χ1v) is 7.30. The summed E-state index contributed by atoms with van der Waals surface area (Å²) in [6.45, 7) is 7.89. The van der Waals surface area contributed by atoms with Crippen molar-refractivity contribution < 1.29 is 13.2 Å². The molecule has 0 unspecified atom stereocenters. The molecule has 0 saturated heterocycles. The van der Waals surface area contributed by atoms with Crippen molar-refractivity contribution in [2.45, 2.75) is 40.5 Å². The summed E-state index contributed by atoms with van der Waals surface area (Å²) in [4.78, 5) is 11.5. The van der Waals surface area contributed by atoms with Crippen molar-refractivity contribution in [3.05, 3.63) is 0 Å². The van der Waals surface area contributed by atoms with Gasteiger partial charge in [0.1, 0.15) is 0 Å². The third-order valence-corrected chi connectivity index (χ3v) is 4.08. The zero-order valence-corrected chi connectivity index (χ0v) is 11.2. The van der Waals surface area contributed by atoms with E-state index >= 15 is 0 Å². The fourth-order valence-electron chi connectivity index (χ4n) is 1.41. The molecule has 1 N–H and O–H groups in total. The van der Waals surface area contributed by atoms with Crippen molar-refractivity contribution in [2.75, 3.05) is 5.75 Å². The van der Waals surface area contributed by atoms with Crippen LogP contribution >= 0.6 is 0 Å². The van der Waals surface area contributed by atoms with E-state index in [1.165, 1.54) is 0 Å². The van der Waals surface area contributed by atoms with Crippen LogP contribution in [0.2, 0.25) is 0 Å². The van der Waals surface area contributed by atoms with Crippen molar-refractivity contribution in [1.29, 1.82) is 0 Å². The molecule has 0 radical (unpaired) electrons. The lowest BCUT2D eigenvalue weighted by molar-refractivity contribution is -0.120. The molecular weight excluding hydrogens is 226 g/mol. The number of nitrogens with one attached hydrogen (secondary N) is 1. The molecule has 0 aromatic heterocycles. The highest BCUT2D eigenvalue weighted by atomic mass is 32.2. The van der Waals surface area contributed by atoms with Crippen LogP contribution < -0.4 is 4.72 Å². The first kappa shape index (κ1) is 13.5. The van der Waals surface area contributed by atoms with E-state index in [0.29, 0.717) is 12.3 Å². The summed E-state index contributed by atoms with van der Waals surface area (Å²) in [6.07, 6.45) is 1.36. The summed E-state index contributed by atoms with van der Waals surface area (Å²) in [5.41, 5.74) is -0.0370. The zero-order valence-electron chi connectivity index (χ0n) is 10.4. The van der Waals surface area contributed by atoms with Crippen LogP contribution in [0.5, 0.6) is 0 Å². The molecule has 1 rings (SSSR count). The summed E-state index contributed by atoms with van der Waals surface area (Å²) < 4.78 is 25.3. The maximum Gasteiger partial charge on any atom is 0.236 e. The van der Waals surface area contributed by atoms with E-state index in [1.807, 2.05) is 27.7 Å². The summed E-state index contributed by atoms with van der Waals surface area (Å²) in [7, 11) is -3.44. The van der Waals surface area contributed by atoms with E-state index in [-0.39, 0.29) is 23.0 Å². The Hall–Kier alpha value is -0.580.